The molecule has 0 spiro atoms. The number of nitrogens with one attached hydrogen (secondary N) is 4. The predicted molar refractivity (Wildman–Crippen MR) is 180 cm³/mol. The van der Waals surface area contributed by atoms with Crippen molar-refractivity contribution in [3.8, 4) is 0 Å². The fourth-order valence-corrected chi connectivity index (χ4v) is 4.35. The third-order valence-corrected chi connectivity index (χ3v) is 6.49. The number of carbonyl (C=O) groups is 6. The summed E-state index contributed by atoms with van der Waals surface area (Å²) in [6, 6.07) is -1.81. The molecule has 49 heavy (non-hydrogen) atoms. The van der Waals surface area contributed by atoms with Crippen LogP contribution in [-0.2, 0) is 38.2 Å². The molecule has 272 valence electrons. The molecule has 2 atom stereocenters. The molecule has 18 heteroatoms. The summed E-state index contributed by atoms with van der Waals surface area (Å²) in [4.78, 5) is 84.9. The zero-order chi connectivity index (χ0) is 37.5. The highest BCUT2D eigenvalue weighted by Crippen LogP contribution is 2.22. The maximum Gasteiger partial charge on any atom is 0.413 e. The molecule has 0 aliphatic carbocycles. The Morgan fingerprint density at radius 2 is 1.51 bits per heavy atom. The molecule has 1 aromatic heterocycles. The molecule has 1 saturated heterocycles. The number of hydrogen-bond donors (Lipinski definition) is 5. The number of esters is 1. The number of β-lactam (4-membered cyclic amide) rings is 1. The van der Waals surface area contributed by atoms with E-state index in [1.807, 2.05) is 0 Å². The summed E-state index contributed by atoms with van der Waals surface area (Å²) >= 11 is 0.959. The highest BCUT2D eigenvalue weighted by atomic mass is 32.1. The standard InChI is InChI=1S/C31H47N7O10S/c1-28(2,3)45-24(42)31(10,11)48-38-21(19-15-49-25(35-19)37-27(44)47-30(7,8)9)23(41)36-20-18(34-22(20)40)13-16(32)12-17(39)14-33-26(43)46-29(4,5)6/h12,15,18,20H,13-14,32H2,1-11H3,(H,33,43)(H,34,40)(H,36,41)(H,35,37,44)/b16-12-,38-21-/t18-,20+/m1/s1. The summed E-state index contributed by atoms with van der Waals surface area (Å²) in [5.41, 5.74) is 1.63. The van der Waals surface area contributed by atoms with Crippen molar-refractivity contribution in [2.24, 2.45) is 10.9 Å². The first kappa shape index (κ1) is 40.4. The van der Waals surface area contributed by atoms with Crippen LogP contribution < -0.4 is 27.0 Å². The molecular weight excluding hydrogens is 662 g/mol. The molecule has 1 fully saturated rings. The van der Waals surface area contributed by atoms with Crippen LogP contribution in [0, 0.1) is 0 Å². The van der Waals surface area contributed by atoms with E-state index in [0.29, 0.717) is 0 Å². The monoisotopic (exact) mass is 709 g/mol. The van der Waals surface area contributed by atoms with Crippen molar-refractivity contribution < 1.29 is 47.8 Å². The Labute approximate surface area is 289 Å². The van der Waals surface area contributed by atoms with Crippen molar-refractivity contribution in [1.82, 2.24) is 20.9 Å². The highest BCUT2D eigenvalue weighted by molar-refractivity contribution is 7.14. The van der Waals surface area contributed by atoms with E-state index in [9.17, 15) is 28.8 Å². The Morgan fingerprint density at radius 1 is 0.939 bits per heavy atom. The molecule has 0 aromatic carbocycles. The van der Waals surface area contributed by atoms with E-state index in [4.69, 9.17) is 24.8 Å². The normalized spacial score (nSPS) is 17.2. The number of thiazole rings is 1. The van der Waals surface area contributed by atoms with Crippen LogP contribution in [0.3, 0.4) is 0 Å². The van der Waals surface area contributed by atoms with Crippen LogP contribution in [0.25, 0.3) is 0 Å². The molecule has 6 N–H and O–H groups in total. The second-order valence-corrected chi connectivity index (χ2v) is 15.4. The summed E-state index contributed by atoms with van der Waals surface area (Å²) in [5.74, 6) is -2.72. The molecule has 1 aromatic rings. The number of aromatic nitrogens is 1. The summed E-state index contributed by atoms with van der Waals surface area (Å²) in [6.45, 7) is 17.6. The maximum atomic E-state index is 13.6. The molecule has 0 radical (unpaired) electrons. The van der Waals surface area contributed by atoms with Gasteiger partial charge in [-0.25, -0.2) is 19.4 Å². The molecular formula is C31H47N7O10S. The van der Waals surface area contributed by atoms with Gasteiger partial charge in [0, 0.05) is 23.6 Å². The van der Waals surface area contributed by atoms with Gasteiger partial charge in [0.2, 0.25) is 11.5 Å². The number of hydrogen-bond acceptors (Lipinski definition) is 14. The summed E-state index contributed by atoms with van der Waals surface area (Å²) in [5, 5.41) is 15.4. The minimum Gasteiger partial charge on any atom is -0.457 e. The quantitative estimate of drug-likeness (QED) is 0.0526. The van der Waals surface area contributed by atoms with Crippen LogP contribution in [0.4, 0.5) is 14.7 Å². The molecule has 4 amide bonds. The zero-order valence-corrected chi connectivity index (χ0v) is 30.5. The summed E-state index contributed by atoms with van der Waals surface area (Å²) in [6.07, 6.45) is -0.471. The van der Waals surface area contributed by atoms with Gasteiger partial charge in [-0.15, -0.1) is 11.3 Å². The van der Waals surface area contributed by atoms with E-state index >= 15 is 0 Å². The second-order valence-electron chi connectivity index (χ2n) is 14.5. The van der Waals surface area contributed by atoms with E-state index in [-0.39, 0.29) is 29.5 Å². The van der Waals surface area contributed by atoms with E-state index in [0.717, 1.165) is 17.4 Å². The van der Waals surface area contributed by atoms with Gasteiger partial charge >= 0.3 is 18.2 Å². The van der Waals surface area contributed by atoms with Crippen molar-refractivity contribution in [1.29, 1.82) is 0 Å². The van der Waals surface area contributed by atoms with Crippen molar-refractivity contribution in [3.05, 3.63) is 22.8 Å². The SMILES string of the molecule is CC(C)(C)OC(=O)NCC(=O)/C=C(\N)C[C@H]1NC(=O)[C@H]1NC(=O)/C(=N\OC(C)(C)C(=O)OC(C)(C)C)c1csc(NC(=O)OC(C)(C)C)n1. The van der Waals surface area contributed by atoms with Crippen LogP contribution in [0.1, 0.15) is 88.3 Å². The minimum absolute atomic E-state index is 0.0236. The zero-order valence-electron chi connectivity index (χ0n) is 29.7. The van der Waals surface area contributed by atoms with Gasteiger partial charge in [-0.1, -0.05) is 5.16 Å². The van der Waals surface area contributed by atoms with Crippen LogP contribution in [0.15, 0.2) is 22.3 Å². The number of alkyl carbamates (subject to hydrolysis) is 1. The Kier molecular flexibility index (Phi) is 12.9. The fourth-order valence-electron chi connectivity index (χ4n) is 3.66. The Bertz CT molecular complexity index is 1500. The smallest absolute Gasteiger partial charge is 0.413 e. The third-order valence-electron chi connectivity index (χ3n) is 5.73. The Balaban J connectivity index is 2.23. The first-order chi connectivity index (χ1) is 22.2. The lowest BCUT2D eigenvalue weighted by molar-refractivity contribution is -0.179. The highest BCUT2D eigenvalue weighted by Gasteiger charge is 2.42. The number of anilines is 1. The largest absolute Gasteiger partial charge is 0.457 e. The molecule has 17 nitrogen and oxygen atoms in total. The van der Waals surface area contributed by atoms with Gasteiger partial charge in [0.15, 0.2) is 16.6 Å². The van der Waals surface area contributed by atoms with Crippen molar-refractivity contribution >= 4 is 57.9 Å². The van der Waals surface area contributed by atoms with Gasteiger partial charge in [-0.05, 0) is 76.2 Å². The van der Waals surface area contributed by atoms with Crippen LogP contribution in [0.5, 0.6) is 0 Å². The molecule has 1 aliphatic heterocycles. The average molecular weight is 710 g/mol. The lowest BCUT2D eigenvalue weighted by atomic mass is 9.93. The van der Waals surface area contributed by atoms with Crippen molar-refractivity contribution in [3.63, 3.8) is 0 Å². The molecule has 1 aliphatic rings. The maximum absolute atomic E-state index is 13.6. The van der Waals surface area contributed by atoms with Crippen LogP contribution in [0.2, 0.25) is 0 Å². The Morgan fingerprint density at radius 3 is 2.06 bits per heavy atom. The number of nitrogens with two attached hydrogens (primary N) is 1. The lowest BCUT2D eigenvalue weighted by Gasteiger charge is -2.37. The lowest BCUT2D eigenvalue weighted by Crippen LogP contribution is -2.69. The minimum atomic E-state index is -1.65. The Hall–Kier alpha value is -4.74. The van der Waals surface area contributed by atoms with E-state index in [2.05, 4.69) is 31.4 Å². The van der Waals surface area contributed by atoms with E-state index in [1.165, 1.54) is 19.2 Å². The molecule has 0 unspecified atom stereocenters. The number of nitrogens with zero attached hydrogens (tertiary/aromatic N) is 2. The molecule has 0 saturated carbocycles. The first-order valence-corrected chi connectivity index (χ1v) is 16.1. The number of amides is 4. The second kappa shape index (κ2) is 15.7. The predicted octanol–water partition coefficient (Wildman–Crippen LogP) is 2.64. The molecule has 2 rings (SSSR count). The van der Waals surface area contributed by atoms with Crippen molar-refractivity contribution in [2.45, 2.75) is 117 Å². The molecule has 2 heterocycles. The number of ketones is 1. The summed E-state index contributed by atoms with van der Waals surface area (Å²) in [7, 11) is 0. The summed E-state index contributed by atoms with van der Waals surface area (Å²) < 4.78 is 15.7. The topological polar surface area (TPSA) is 239 Å². The van der Waals surface area contributed by atoms with Gasteiger partial charge in [0.1, 0.15) is 28.5 Å². The van der Waals surface area contributed by atoms with Crippen molar-refractivity contribution in [2.75, 3.05) is 11.9 Å². The van der Waals surface area contributed by atoms with Gasteiger partial charge in [-0.3, -0.25) is 19.7 Å². The number of carbonyl (C=O) groups excluding carboxylic acids is 6. The van der Waals surface area contributed by atoms with Crippen LogP contribution in [-0.4, -0.2) is 87.5 Å². The van der Waals surface area contributed by atoms with Crippen LogP contribution >= 0.6 is 11.3 Å². The number of oxime groups is 1. The van der Waals surface area contributed by atoms with E-state index in [1.54, 1.807) is 62.3 Å². The van der Waals surface area contributed by atoms with Gasteiger partial charge in [0.05, 0.1) is 12.6 Å². The van der Waals surface area contributed by atoms with Gasteiger partial charge in [0.25, 0.3) is 5.91 Å². The van der Waals surface area contributed by atoms with Gasteiger partial charge < -0.3 is 40.7 Å². The molecule has 0 bridgehead atoms. The average Bonchev–Trinajstić information content (AvgIpc) is 3.35. The van der Waals surface area contributed by atoms with E-state index < -0.39 is 76.0 Å². The number of ether oxygens (including phenoxy) is 3. The first-order valence-electron chi connectivity index (χ1n) is 15.3. The fraction of sp³-hybridized carbons (Fsp3) is 0.613. The van der Waals surface area contributed by atoms with Gasteiger partial charge in [-0.2, -0.15) is 0 Å². The third kappa shape index (κ3) is 14.1. The number of rotatable bonds is 12.